The van der Waals surface area contributed by atoms with Gasteiger partial charge >= 0.3 is 5.97 Å². The fourth-order valence-corrected chi connectivity index (χ4v) is 1.95. The first-order chi connectivity index (χ1) is 8.58. The van der Waals surface area contributed by atoms with E-state index in [1.165, 1.54) is 5.56 Å². The van der Waals surface area contributed by atoms with Crippen LogP contribution in [0.2, 0.25) is 0 Å². The molecule has 0 aromatic heterocycles. The number of carboxylic acids is 1. The first-order valence-electron chi connectivity index (χ1n) is 6.62. The first-order valence-corrected chi connectivity index (χ1v) is 6.62. The number of carboxylic acid groups (broad SMARTS) is 1. The van der Waals surface area contributed by atoms with E-state index in [0.717, 1.165) is 18.4 Å². The van der Waals surface area contributed by atoms with Crippen LogP contribution in [0.25, 0.3) is 0 Å². The summed E-state index contributed by atoms with van der Waals surface area (Å²) in [6, 6.07) is 7.80. The highest BCUT2D eigenvalue weighted by molar-refractivity contribution is 5.73. The summed E-state index contributed by atoms with van der Waals surface area (Å²) in [4.78, 5) is 11.2. The van der Waals surface area contributed by atoms with E-state index >= 15 is 0 Å². The van der Waals surface area contributed by atoms with Gasteiger partial charge in [0.1, 0.15) is 6.04 Å². The third-order valence-corrected chi connectivity index (χ3v) is 3.40. The van der Waals surface area contributed by atoms with Gasteiger partial charge in [0.25, 0.3) is 0 Å². The topological polar surface area (TPSA) is 49.3 Å². The second-order valence-electron chi connectivity index (χ2n) is 4.76. The molecular formula is C15H23NO2. The van der Waals surface area contributed by atoms with E-state index < -0.39 is 12.0 Å². The number of aryl methyl sites for hydroxylation is 1. The quantitative estimate of drug-likeness (QED) is 0.781. The number of aliphatic carboxylic acids is 1. The summed E-state index contributed by atoms with van der Waals surface area (Å²) < 4.78 is 0. The van der Waals surface area contributed by atoms with E-state index in [1.807, 2.05) is 26.0 Å². The van der Waals surface area contributed by atoms with Gasteiger partial charge in [-0.05, 0) is 23.5 Å². The average molecular weight is 249 g/mol. The van der Waals surface area contributed by atoms with Crippen molar-refractivity contribution in [1.29, 1.82) is 0 Å². The second kappa shape index (κ2) is 7.17. The Kier molecular flexibility index (Phi) is 5.86. The minimum atomic E-state index is -0.768. The molecule has 3 nitrogen and oxygen atoms in total. The van der Waals surface area contributed by atoms with Gasteiger partial charge in [0.15, 0.2) is 0 Å². The molecule has 0 unspecified atom stereocenters. The van der Waals surface area contributed by atoms with Gasteiger partial charge in [0, 0.05) is 6.54 Å². The molecule has 0 amide bonds. The molecule has 1 aromatic carbocycles. The molecule has 0 heterocycles. The van der Waals surface area contributed by atoms with E-state index in [0.29, 0.717) is 6.54 Å². The van der Waals surface area contributed by atoms with E-state index in [1.54, 1.807) is 0 Å². The zero-order valence-electron chi connectivity index (χ0n) is 11.4. The van der Waals surface area contributed by atoms with Crippen molar-refractivity contribution in [3.05, 3.63) is 35.4 Å². The predicted molar refractivity (Wildman–Crippen MR) is 73.5 cm³/mol. The number of rotatable bonds is 7. The molecule has 0 bridgehead atoms. The third-order valence-electron chi connectivity index (χ3n) is 3.40. The molecule has 0 saturated heterocycles. The van der Waals surface area contributed by atoms with Crippen LogP contribution in [0, 0.1) is 5.92 Å². The first kappa shape index (κ1) is 14.7. The van der Waals surface area contributed by atoms with Gasteiger partial charge in [-0.3, -0.25) is 4.79 Å². The molecule has 1 aromatic rings. The molecule has 100 valence electrons. The lowest BCUT2D eigenvalue weighted by Crippen LogP contribution is -2.41. The summed E-state index contributed by atoms with van der Waals surface area (Å²) in [5, 5.41) is 12.3. The Balaban J connectivity index is 2.63. The Morgan fingerprint density at radius 2 is 2.00 bits per heavy atom. The molecule has 0 fully saturated rings. The molecule has 2 N–H and O–H groups in total. The maximum absolute atomic E-state index is 11.2. The van der Waals surface area contributed by atoms with Crippen LogP contribution in [0.5, 0.6) is 0 Å². The largest absolute Gasteiger partial charge is 0.480 e. The molecule has 0 aliphatic rings. The molecule has 0 aliphatic heterocycles. The SMILES string of the molecule is CCc1cccc(CN[C@H](C(=O)O)[C@@H](C)CC)c1. The Morgan fingerprint density at radius 1 is 1.33 bits per heavy atom. The molecule has 2 atom stereocenters. The average Bonchev–Trinajstić information content (AvgIpc) is 2.38. The molecule has 0 aliphatic carbocycles. The van der Waals surface area contributed by atoms with Crippen LogP contribution in [0.1, 0.15) is 38.3 Å². The van der Waals surface area contributed by atoms with Gasteiger partial charge in [0.05, 0.1) is 0 Å². The van der Waals surface area contributed by atoms with Gasteiger partial charge in [-0.2, -0.15) is 0 Å². The molecular weight excluding hydrogens is 226 g/mol. The van der Waals surface area contributed by atoms with Gasteiger partial charge in [-0.1, -0.05) is 51.5 Å². The fourth-order valence-electron chi connectivity index (χ4n) is 1.95. The highest BCUT2D eigenvalue weighted by atomic mass is 16.4. The van der Waals surface area contributed by atoms with Crippen LogP contribution < -0.4 is 5.32 Å². The Hall–Kier alpha value is -1.35. The zero-order chi connectivity index (χ0) is 13.5. The van der Waals surface area contributed by atoms with E-state index in [4.69, 9.17) is 0 Å². The van der Waals surface area contributed by atoms with Crippen molar-refractivity contribution in [2.24, 2.45) is 5.92 Å². The van der Waals surface area contributed by atoms with Crippen molar-refractivity contribution >= 4 is 5.97 Å². The summed E-state index contributed by atoms with van der Waals surface area (Å²) >= 11 is 0. The molecule has 0 spiro atoms. The number of benzene rings is 1. The van der Waals surface area contributed by atoms with Crippen LogP contribution >= 0.6 is 0 Å². The zero-order valence-corrected chi connectivity index (χ0v) is 11.4. The molecule has 0 saturated carbocycles. The molecule has 1 rings (SSSR count). The summed E-state index contributed by atoms with van der Waals surface area (Å²) in [5.41, 5.74) is 2.42. The van der Waals surface area contributed by atoms with E-state index in [-0.39, 0.29) is 5.92 Å². The molecule has 0 radical (unpaired) electrons. The summed E-state index contributed by atoms with van der Waals surface area (Å²) in [7, 11) is 0. The lowest BCUT2D eigenvalue weighted by atomic mass is 9.99. The van der Waals surface area contributed by atoms with Crippen LogP contribution in [0.15, 0.2) is 24.3 Å². The minimum Gasteiger partial charge on any atom is -0.480 e. The highest BCUT2D eigenvalue weighted by Crippen LogP contribution is 2.10. The lowest BCUT2D eigenvalue weighted by molar-refractivity contribution is -0.140. The maximum atomic E-state index is 11.2. The van der Waals surface area contributed by atoms with Crippen molar-refractivity contribution < 1.29 is 9.90 Å². The van der Waals surface area contributed by atoms with Crippen molar-refractivity contribution in [3.8, 4) is 0 Å². The van der Waals surface area contributed by atoms with Gasteiger partial charge < -0.3 is 10.4 Å². The Labute approximate surface area is 109 Å². The predicted octanol–water partition coefficient (Wildman–Crippen LogP) is 2.84. The third kappa shape index (κ3) is 4.15. The van der Waals surface area contributed by atoms with Crippen LogP contribution in [-0.2, 0) is 17.8 Å². The normalized spacial score (nSPS) is 14.2. The summed E-state index contributed by atoms with van der Waals surface area (Å²) in [6.07, 6.45) is 1.86. The van der Waals surface area contributed by atoms with Crippen LogP contribution in [0.3, 0.4) is 0 Å². The summed E-state index contributed by atoms with van der Waals surface area (Å²) in [5.74, 6) is -0.632. The minimum absolute atomic E-state index is 0.136. The van der Waals surface area contributed by atoms with E-state index in [2.05, 4.69) is 24.4 Å². The van der Waals surface area contributed by atoms with E-state index in [9.17, 15) is 9.90 Å². The maximum Gasteiger partial charge on any atom is 0.320 e. The van der Waals surface area contributed by atoms with Crippen molar-refractivity contribution in [2.75, 3.05) is 0 Å². The van der Waals surface area contributed by atoms with Gasteiger partial charge in [-0.25, -0.2) is 0 Å². The van der Waals surface area contributed by atoms with Crippen molar-refractivity contribution in [3.63, 3.8) is 0 Å². The summed E-state index contributed by atoms with van der Waals surface area (Å²) in [6.45, 7) is 6.70. The monoisotopic (exact) mass is 249 g/mol. The highest BCUT2D eigenvalue weighted by Gasteiger charge is 2.22. The standard InChI is InChI=1S/C15H23NO2/c1-4-11(3)14(15(17)18)16-10-13-8-6-7-12(5-2)9-13/h6-9,11,14,16H,4-5,10H2,1-3H3,(H,17,18)/t11-,14-/m0/s1. The molecule has 3 heteroatoms. The number of nitrogens with one attached hydrogen (secondary N) is 1. The van der Waals surface area contributed by atoms with Crippen LogP contribution in [0.4, 0.5) is 0 Å². The Morgan fingerprint density at radius 3 is 2.56 bits per heavy atom. The molecule has 18 heavy (non-hydrogen) atoms. The van der Waals surface area contributed by atoms with Crippen LogP contribution in [-0.4, -0.2) is 17.1 Å². The van der Waals surface area contributed by atoms with Gasteiger partial charge in [-0.15, -0.1) is 0 Å². The lowest BCUT2D eigenvalue weighted by Gasteiger charge is -2.20. The number of carbonyl (C=O) groups is 1. The Bertz CT molecular complexity index is 390. The van der Waals surface area contributed by atoms with Crippen molar-refractivity contribution in [2.45, 2.75) is 46.2 Å². The van der Waals surface area contributed by atoms with Gasteiger partial charge in [0.2, 0.25) is 0 Å². The fraction of sp³-hybridized carbons (Fsp3) is 0.533. The number of hydrogen-bond acceptors (Lipinski definition) is 2. The smallest absolute Gasteiger partial charge is 0.320 e. The second-order valence-corrected chi connectivity index (χ2v) is 4.76. The number of hydrogen-bond donors (Lipinski definition) is 2. The van der Waals surface area contributed by atoms with Crippen molar-refractivity contribution in [1.82, 2.24) is 5.32 Å².